The van der Waals surface area contributed by atoms with Crippen molar-refractivity contribution in [2.45, 2.75) is 135 Å². The quantitative estimate of drug-likeness (QED) is 0.176. The number of hydrogen-bond acceptors (Lipinski definition) is 14. The number of ether oxygens (including phenoxy) is 6. The molecule has 3 N–H and O–H groups in total. The Kier molecular flexibility index (Phi) is 11.1. The highest BCUT2D eigenvalue weighted by atomic mass is 16.6. The summed E-state index contributed by atoms with van der Waals surface area (Å²) in [5.41, 5.74) is -6.04. The van der Waals surface area contributed by atoms with Crippen molar-refractivity contribution in [3.63, 3.8) is 0 Å². The van der Waals surface area contributed by atoms with E-state index in [-0.39, 0.29) is 35.7 Å². The molecule has 1 saturated heterocycles. The highest BCUT2D eigenvalue weighted by molar-refractivity contribution is 5.97. The molecule has 0 aromatic heterocycles. The van der Waals surface area contributed by atoms with Gasteiger partial charge in [0, 0.05) is 31.1 Å². The Morgan fingerprint density at radius 1 is 0.918 bits per heavy atom. The highest BCUT2D eigenvalue weighted by Crippen LogP contribution is 2.74. The average molecular weight is 846 g/mol. The van der Waals surface area contributed by atoms with Gasteiger partial charge < -0.3 is 44.0 Å². The number of aliphatic hydroxyl groups is 2. The molecule has 7 rings (SSSR count). The molecule has 2 aromatic carbocycles. The molecule has 3 saturated carbocycles. The van der Waals surface area contributed by atoms with E-state index >= 15 is 4.79 Å². The van der Waals surface area contributed by atoms with Gasteiger partial charge in [-0.05, 0) is 82.2 Å². The molecule has 15 nitrogen and oxygen atoms in total. The van der Waals surface area contributed by atoms with Crippen LogP contribution < -0.4 is 5.32 Å². The second-order valence-corrected chi connectivity index (χ2v) is 18.8. The van der Waals surface area contributed by atoms with Crippen LogP contribution in [0.5, 0.6) is 0 Å². The Hall–Kier alpha value is -5.12. The first-order valence-electron chi connectivity index (χ1n) is 20.6. The molecular weight excluding hydrogens is 790 g/mol. The fraction of sp³-hybridized carbons (Fsp3) is 0.565. The predicted octanol–water partition coefficient (Wildman–Crippen LogP) is 4.78. The van der Waals surface area contributed by atoms with Gasteiger partial charge in [-0.3, -0.25) is 14.4 Å². The Labute approximate surface area is 354 Å². The van der Waals surface area contributed by atoms with Gasteiger partial charge in [0.2, 0.25) is 0 Å². The van der Waals surface area contributed by atoms with Crippen LogP contribution in [-0.4, -0.2) is 99.9 Å². The van der Waals surface area contributed by atoms with Crippen LogP contribution in [0.25, 0.3) is 0 Å². The van der Waals surface area contributed by atoms with Crippen LogP contribution in [0.4, 0.5) is 4.79 Å². The van der Waals surface area contributed by atoms with Crippen molar-refractivity contribution in [2.24, 2.45) is 22.7 Å². The largest absolute Gasteiger partial charge is 0.456 e. The van der Waals surface area contributed by atoms with Crippen molar-refractivity contribution in [3.05, 3.63) is 82.4 Å². The molecule has 1 spiro atoms. The van der Waals surface area contributed by atoms with E-state index in [9.17, 15) is 34.2 Å². The van der Waals surface area contributed by atoms with Crippen molar-refractivity contribution >= 4 is 35.8 Å². The molecule has 11 atom stereocenters. The van der Waals surface area contributed by atoms with E-state index in [4.69, 9.17) is 28.4 Å². The highest BCUT2D eigenvalue weighted by Gasteiger charge is 2.84. The average Bonchev–Trinajstić information content (AvgIpc) is 3.89. The normalized spacial score (nSPS) is 33.0. The summed E-state index contributed by atoms with van der Waals surface area (Å²) in [4.78, 5) is 83.1. The van der Waals surface area contributed by atoms with E-state index in [0.29, 0.717) is 12.0 Å². The minimum atomic E-state index is -2.25. The first-order chi connectivity index (χ1) is 28.5. The zero-order valence-electron chi connectivity index (χ0n) is 35.9. The maximum Gasteiger partial charge on any atom is 0.408 e. The lowest BCUT2D eigenvalue weighted by atomic mass is 9.48. The van der Waals surface area contributed by atoms with E-state index < -0.39 is 112 Å². The van der Waals surface area contributed by atoms with Gasteiger partial charge in [-0.1, -0.05) is 61.9 Å². The Morgan fingerprint density at radius 3 is 2.20 bits per heavy atom. The lowest BCUT2D eigenvalue weighted by Gasteiger charge is -2.64. The number of esters is 4. The maximum absolute atomic E-state index is 15.5. The minimum Gasteiger partial charge on any atom is -0.456 e. The molecule has 1 heterocycles. The van der Waals surface area contributed by atoms with E-state index in [2.05, 4.69) is 5.32 Å². The van der Waals surface area contributed by atoms with Gasteiger partial charge in [-0.25, -0.2) is 14.4 Å². The number of aryl methyl sites for hydroxylation is 1. The molecular formula is C46H55NO14. The molecule has 0 unspecified atom stereocenters. The molecule has 61 heavy (non-hydrogen) atoms. The van der Waals surface area contributed by atoms with Gasteiger partial charge in [0.05, 0.1) is 24.1 Å². The van der Waals surface area contributed by atoms with Crippen LogP contribution in [0.15, 0.2) is 65.7 Å². The number of aliphatic hydroxyl groups excluding tert-OH is 1. The number of alkyl carbamates (subject to hydrolysis) is 1. The summed E-state index contributed by atoms with van der Waals surface area (Å²) in [5.74, 6) is -5.64. The van der Waals surface area contributed by atoms with Crippen LogP contribution in [-0.2, 0) is 47.6 Å². The maximum atomic E-state index is 15.5. The van der Waals surface area contributed by atoms with Gasteiger partial charge in [0.1, 0.15) is 29.5 Å². The number of fused-ring (bicyclic) bond motifs is 4. The SMILES string of the molecule is CC(=O)O[C@H]1C(=O)[C@]23C[C@H]2C[C@H]2OC[C@@]2(OC(C)=O)[C@H]3[C@H](OC(=O)c2cccc(C)c2)[C@]2(O)C[C@H](OC(=O)[C@H](O)[C@@H](NC(=O)OC(C)(C)C)c3ccccc3)C(C)=C1C2(C)C. The first-order valence-corrected chi connectivity index (χ1v) is 20.6. The lowest BCUT2D eigenvalue weighted by Crippen LogP contribution is -2.78. The number of benzene rings is 2. The van der Waals surface area contributed by atoms with Gasteiger partial charge in [0.15, 0.2) is 23.6 Å². The number of rotatable bonds is 9. The van der Waals surface area contributed by atoms with Crippen molar-refractivity contribution in [2.75, 3.05) is 6.61 Å². The molecule has 2 bridgehead atoms. The summed E-state index contributed by atoms with van der Waals surface area (Å²) < 4.78 is 36.2. The number of nitrogens with one attached hydrogen (secondary N) is 1. The third kappa shape index (κ3) is 7.41. The molecule has 15 heteroatoms. The second kappa shape index (κ2) is 15.3. The zero-order valence-corrected chi connectivity index (χ0v) is 35.9. The van der Waals surface area contributed by atoms with E-state index in [1.54, 1.807) is 103 Å². The lowest BCUT2D eigenvalue weighted by molar-refractivity contribution is -0.323. The molecule has 1 amide bonds. The molecule has 2 aromatic rings. The number of ketones is 1. The van der Waals surface area contributed by atoms with E-state index in [0.717, 1.165) is 12.5 Å². The van der Waals surface area contributed by atoms with E-state index in [1.165, 1.54) is 6.92 Å². The summed E-state index contributed by atoms with van der Waals surface area (Å²) in [6.07, 6.45) is -8.20. The van der Waals surface area contributed by atoms with Gasteiger partial charge in [0.25, 0.3) is 0 Å². The third-order valence-corrected chi connectivity index (χ3v) is 13.4. The number of hydrogen-bond donors (Lipinski definition) is 3. The molecule has 4 fully saturated rings. The Bertz CT molecular complexity index is 2180. The molecule has 5 aliphatic rings. The topological polar surface area (TPSA) is 210 Å². The number of carbonyl (C=O) groups is 6. The first kappa shape index (κ1) is 44.0. The summed E-state index contributed by atoms with van der Waals surface area (Å²) in [6.45, 7) is 13.8. The monoisotopic (exact) mass is 845 g/mol. The third-order valence-electron chi connectivity index (χ3n) is 13.4. The number of Topliss-reactive ketones (excluding diaryl/α,β-unsaturated/α-hetero) is 1. The van der Waals surface area contributed by atoms with Crippen molar-refractivity contribution in [1.29, 1.82) is 0 Å². The van der Waals surface area contributed by atoms with Crippen LogP contribution >= 0.6 is 0 Å². The zero-order chi connectivity index (χ0) is 44.6. The summed E-state index contributed by atoms with van der Waals surface area (Å²) in [7, 11) is 0. The summed E-state index contributed by atoms with van der Waals surface area (Å²) in [6, 6.07) is 13.5. The van der Waals surface area contributed by atoms with Gasteiger partial charge in [-0.2, -0.15) is 0 Å². The smallest absolute Gasteiger partial charge is 0.408 e. The van der Waals surface area contributed by atoms with E-state index in [1.807, 2.05) is 0 Å². The molecule has 4 aliphatic carbocycles. The Morgan fingerprint density at radius 2 is 1.61 bits per heavy atom. The van der Waals surface area contributed by atoms with Crippen molar-refractivity contribution in [1.82, 2.24) is 5.32 Å². The Balaban J connectivity index is 1.38. The number of carbonyl (C=O) groups excluding carboxylic acids is 6. The molecule has 0 radical (unpaired) electrons. The summed E-state index contributed by atoms with van der Waals surface area (Å²) >= 11 is 0. The van der Waals surface area contributed by atoms with Crippen LogP contribution in [0.2, 0.25) is 0 Å². The van der Waals surface area contributed by atoms with Crippen molar-refractivity contribution in [3.8, 4) is 0 Å². The van der Waals surface area contributed by atoms with Gasteiger partial charge in [-0.15, -0.1) is 0 Å². The van der Waals surface area contributed by atoms with Gasteiger partial charge >= 0.3 is 30.0 Å². The second-order valence-electron chi connectivity index (χ2n) is 18.8. The fourth-order valence-electron chi connectivity index (χ4n) is 10.6. The summed E-state index contributed by atoms with van der Waals surface area (Å²) in [5, 5.41) is 28.0. The minimum absolute atomic E-state index is 0.129. The standard InChI is InChI=1S/C46H55NO14/c1-23-14-13-17-28(18-23)39(52)59-38-36-44(20-29(44)19-31-45(36,22-56-31)60-26(4)49)37(51)35(57-25(3)48)32-24(2)30(21-46(38,55)43(32,8)9)58-40(53)34(50)33(27-15-11-10-12-16-27)47-41(54)61-42(5,6)7/h10-18,29-31,33-36,38,50,55H,19-22H2,1-9H3,(H,47,54)/t29-,30+,31-,33+,34-,35-,36+,38+,44-,45+,46-/m1/s1. The fourth-order valence-corrected chi connectivity index (χ4v) is 10.6. The van der Waals surface area contributed by atoms with Crippen LogP contribution in [0, 0.1) is 29.6 Å². The van der Waals surface area contributed by atoms with Crippen molar-refractivity contribution < 1.29 is 67.4 Å². The predicted molar refractivity (Wildman–Crippen MR) is 214 cm³/mol. The number of amides is 1. The van der Waals surface area contributed by atoms with Crippen LogP contribution in [0.1, 0.15) is 102 Å². The van der Waals surface area contributed by atoms with Crippen LogP contribution in [0.3, 0.4) is 0 Å². The molecule has 1 aliphatic heterocycles. The molecule has 328 valence electrons.